The van der Waals surface area contributed by atoms with Crippen LogP contribution in [0.1, 0.15) is 58.4 Å². The summed E-state index contributed by atoms with van der Waals surface area (Å²) in [7, 11) is 0. The van der Waals surface area contributed by atoms with Gasteiger partial charge in [0.2, 0.25) is 11.7 Å². The van der Waals surface area contributed by atoms with Crippen molar-refractivity contribution in [2.24, 2.45) is 17.1 Å². The minimum atomic E-state index is -0.00615. The Morgan fingerprint density at radius 2 is 2.11 bits per heavy atom. The summed E-state index contributed by atoms with van der Waals surface area (Å²) in [5, 5.41) is 4.06. The van der Waals surface area contributed by atoms with Crippen LogP contribution in [-0.4, -0.2) is 22.8 Å². The summed E-state index contributed by atoms with van der Waals surface area (Å²) in [5.74, 6) is 1.85. The van der Waals surface area contributed by atoms with Gasteiger partial charge in [-0.25, -0.2) is 0 Å². The van der Waals surface area contributed by atoms with E-state index >= 15 is 0 Å². The van der Waals surface area contributed by atoms with Crippen molar-refractivity contribution in [3.05, 3.63) is 11.7 Å². The van der Waals surface area contributed by atoms with Crippen molar-refractivity contribution in [3.8, 4) is 0 Å². The SMILES string of the molecule is CCOC(c1noc(CC(N)C(C)(C)C)n1)C1CC1. The van der Waals surface area contributed by atoms with Crippen LogP contribution < -0.4 is 5.73 Å². The molecule has 5 nitrogen and oxygen atoms in total. The molecule has 1 aromatic rings. The van der Waals surface area contributed by atoms with E-state index in [1.807, 2.05) is 6.92 Å². The maximum atomic E-state index is 6.14. The van der Waals surface area contributed by atoms with Gasteiger partial charge in [0, 0.05) is 19.1 Å². The Balaban J connectivity index is 2.01. The van der Waals surface area contributed by atoms with E-state index in [2.05, 4.69) is 30.9 Å². The molecule has 1 aliphatic carbocycles. The topological polar surface area (TPSA) is 74.2 Å². The second-order valence-corrected chi connectivity index (χ2v) is 6.44. The van der Waals surface area contributed by atoms with Crippen molar-refractivity contribution in [1.82, 2.24) is 10.1 Å². The number of hydrogen-bond acceptors (Lipinski definition) is 5. The highest BCUT2D eigenvalue weighted by molar-refractivity contribution is 4.99. The minimum Gasteiger partial charge on any atom is -0.370 e. The molecule has 2 rings (SSSR count). The summed E-state index contributed by atoms with van der Waals surface area (Å²) in [6.45, 7) is 9.00. The third kappa shape index (κ3) is 3.76. The zero-order chi connectivity index (χ0) is 14.0. The Hall–Kier alpha value is -0.940. The van der Waals surface area contributed by atoms with Gasteiger partial charge in [-0.05, 0) is 31.1 Å². The highest BCUT2D eigenvalue weighted by Crippen LogP contribution is 2.42. The monoisotopic (exact) mass is 267 g/mol. The van der Waals surface area contributed by atoms with E-state index in [-0.39, 0.29) is 17.6 Å². The first-order valence-electron chi connectivity index (χ1n) is 7.11. The van der Waals surface area contributed by atoms with Crippen LogP contribution in [0, 0.1) is 11.3 Å². The molecular weight excluding hydrogens is 242 g/mol. The second kappa shape index (κ2) is 5.59. The number of nitrogens with two attached hydrogens (primary N) is 1. The highest BCUT2D eigenvalue weighted by atomic mass is 16.5. The summed E-state index contributed by atoms with van der Waals surface area (Å²) in [4.78, 5) is 4.46. The first-order chi connectivity index (χ1) is 8.91. The molecule has 1 aliphatic rings. The zero-order valence-corrected chi connectivity index (χ0v) is 12.3. The lowest BCUT2D eigenvalue weighted by atomic mass is 9.85. The first kappa shape index (κ1) is 14.5. The normalized spacial score (nSPS) is 19.4. The number of rotatable bonds is 6. The third-order valence-corrected chi connectivity index (χ3v) is 3.64. The molecule has 2 atom stereocenters. The Morgan fingerprint density at radius 3 is 2.63 bits per heavy atom. The van der Waals surface area contributed by atoms with Gasteiger partial charge in [0.15, 0.2) is 0 Å². The zero-order valence-electron chi connectivity index (χ0n) is 12.3. The molecule has 0 aromatic carbocycles. The molecule has 0 amide bonds. The van der Waals surface area contributed by atoms with Gasteiger partial charge in [-0.3, -0.25) is 0 Å². The van der Waals surface area contributed by atoms with Gasteiger partial charge in [-0.15, -0.1) is 0 Å². The maximum absolute atomic E-state index is 6.14. The molecule has 0 saturated heterocycles. The van der Waals surface area contributed by atoms with Gasteiger partial charge in [-0.2, -0.15) is 4.98 Å². The average molecular weight is 267 g/mol. The van der Waals surface area contributed by atoms with E-state index < -0.39 is 0 Å². The van der Waals surface area contributed by atoms with Crippen LogP contribution in [0.2, 0.25) is 0 Å². The smallest absolute Gasteiger partial charge is 0.228 e. The predicted molar refractivity (Wildman–Crippen MR) is 72.5 cm³/mol. The summed E-state index contributed by atoms with van der Waals surface area (Å²) in [6, 6.07) is 0.00673. The standard InChI is InChI=1S/C14H25N3O2/c1-5-18-12(9-6-7-9)13-16-11(19-17-13)8-10(15)14(2,3)4/h9-10,12H,5-8,15H2,1-4H3. The molecule has 1 saturated carbocycles. The fourth-order valence-electron chi connectivity index (χ4n) is 1.96. The lowest BCUT2D eigenvalue weighted by Gasteiger charge is -2.25. The van der Waals surface area contributed by atoms with Crippen molar-refractivity contribution in [1.29, 1.82) is 0 Å². The molecule has 1 heterocycles. The molecule has 0 radical (unpaired) electrons. The summed E-state index contributed by atoms with van der Waals surface area (Å²) < 4.78 is 11.0. The van der Waals surface area contributed by atoms with E-state index in [4.69, 9.17) is 15.0 Å². The van der Waals surface area contributed by atoms with E-state index in [1.54, 1.807) is 0 Å². The van der Waals surface area contributed by atoms with E-state index in [1.165, 1.54) is 12.8 Å². The number of aromatic nitrogens is 2. The van der Waals surface area contributed by atoms with Crippen LogP contribution in [0.4, 0.5) is 0 Å². The van der Waals surface area contributed by atoms with E-state index in [9.17, 15) is 0 Å². The molecule has 2 unspecified atom stereocenters. The van der Waals surface area contributed by atoms with Crippen molar-refractivity contribution >= 4 is 0 Å². The fraction of sp³-hybridized carbons (Fsp3) is 0.857. The molecule has 1 aromatic heterocycles. The van der Waals surface area contributed by atoms with E-state index in [0.717, 1.165) is 0 Å². The van der Waals surface area contributed by atoms with E-state index in [0.29, 0.717) is 30.7 Å². The van der Waals surface area contributed by atoms with Crippen LogP contribution in [0.5, 0.6) is 0 Å². The van der Waals surface area contributed by atoms with Gasteiger partial charge in [0.25, 0.3) is 0 Å². The maximum Gasteiger partial charge on any atom is 0.228 e. The summed E-state index contributed by atoms with van der Waals surface area (Å²) >= 11 is 0. The highest BCUT2D eigenvalue weighted by Gasteiger charge is 2.36. The summed E-state index contributed by atoms with van der Waals surface area (Å²) in [6.07, 6.45) is 2.99. The third-order valence-electron chi connectivity index (χ3n) is 3.64. The Kier molecular flexibility index (Phi) is 4.26. The minimum absolute atomic E-state index is 0.00615. The molecule has 5 heteroatoms. The largest absolute Gasteiger partial charge is 0.370 e. The van der Waals surface area contributed by atoms with Crippen molar-refractivity contribution in [3.63, 3.8) is 0 Å². The number of nitrogens with zero attached hydrogens (tertiary/aromatic N) is 2. The Bertz CT molecular complexity index is 407. The molecule has 1 fully saturated rings. The molecule has 0 spiro atoms. The van der Waals surface area contributed by atoms with Gasteiger partial charge < -0.3 is 15.0 Å². The van der Waals surface area contributed by atoms with Gasteiger partial charge >= 0.3 is 0 Å². The fourth-order valence-corrected chi connectivity index (χ4v) is 1.96. The molecule has 0 aliphatic heterocycles. The van der Waals surface area contributed by atoms with Crippen LogP contribution in [0.15, 0.2) is 4.52 Å². The predicted octanol–water partition coefficient (Wildman–Crippen LogP) is 2.47. The number of ether oxygens (including phenoxy) is 1. The van der Waals surface area contributed by atoms with Crippen LogP contribution in [-0.2, 0) is 11.2 Å². The molecule has 0 bridgehead atoms. The van der Waals surface area contributed by atoms with Crippen LogP contribution >= 0.6 is 0 Å². The van der Waals surface area contributed by atoms with Crippen LogP contribution in [0.25, 0.3) is 0 Å². The Labute approximate surface area is 114 Å². The lowest BCUT2D eigenvalue weighted by Crippen LogP contribution is -2.37. The molecule has 2 N–H and O–H groups in total. The number of hydrogen-bond donors (Lipinski definition) is 1. The van der Waals surface area contributed by atoms with Crippen molar-refractivity contribution in [2.75, 3.05) is 6.61 Å². The lowest BCUT2D eigenvalue weighted by molar-refractivity contribution is 0.0384. The van der Waals surface area contributed by atoms with Crippen molar-refractivity contribution in [2.45, 2.75) is 59.1 Å². The van der Waals surface area contributed by atoms with Gasteiger partial charge in [0.05, 0.1) is 0 Å². The van der Waals surface area contributed by atoms with Gasteiger partial charge in [-0.1, -0.05) is 25.9 Å². The summed E-state index contributed by atoms with van der Waals surface area (Å²) in [5.41, 5.74) is 6.17. The second-order valence-electron chi connectivity index (χ2n) is 6.44. The first-order valence-corrected chi connectivity index (χ1v) is 7.11. The van der Waals surface area contributed by atoms with Crippen molar-refractivity contribution < 1.29 is 9.26 Å². The quantitative estimate of drug-likeness (QED) is 0.857. The Morgan fingerprint density at radius 1 is 1.42 bits per heavy atom. The van der Waals surface area contributed by atoms with Crippen LogP contribution in [0.3, 0.4) is 0 Å². The molecule has 108 valence electrons. The average Bonchev–Trinajstić information content (AvgIpc) is 3.05. The molecular formula is C14H25N3O2. The van der Waals surface area contributed by atoms with Gasteiger partial charge in [0.1, 0.15) is 6.10 Å². The molecule has 19 heavy (non-hydrogen) atoms.